The van der Waals surface area contributed by atoms with E-state index in [1.165, 1.54) is 0 Å². The predicted molar refractivity (Wildman–Crippen MR) is 91.0 cm³/mol. The third-order valence-electron chi connectivity index (χ3n) is 3.95. The molecule has 0 radical (unpaired) electrons. The summed E-state index contributed by atoms with van der Waals surface area (Å²) in [5, 5.41) is 11.7. The highest BCUT2D eigenvalue weighted by atomic mass is 79.9. The third kappa shape index (κ3) is 2.62. The van der Waals surface area contributed by atoms with Gasteiger partial charge in [0.15, 0.2) is 0 Å². The predicted octanol–water partition coefficient (Wildman–Crippen LogP) is 4.96. The maximum Gasteiger partial charge on any atom is 0.269 e. The van der Waals surface area contributed by atoms with Crippen molar-refractivity contribution in [3.63, 3.8) is 0 Å². The molecule has 0 aromatic heterocycles. The first-order valence-corrected chi connectivity index (χ1v) is 7.76. The van der Waals surface area contributed by atoms with Crippen molar-refractivity contribution in [3.8, 4) is 0 Å². The first kappa shape index (κ1) is 14.7. The maximum atomic E-state index is 11.7. The van der Waals surface area contributed by atoms with Gasteiger partial charge < -0.3 is 0 Å². The minimum atomic E-state index is -1.17. The smallest absolute Gasteiger partial charge is 0.263 e. The van der Waals surface area contributed by atoms with Crippen LogP contribution < -0.4 is 0 Å². The topological polar surface area (TPSA) is 43.1 Å². The number of nitrogens with zero attached hydrogens (tertiary/aromatic N) is 1. The van der Waals surface area contributed by atoms with Gasteiger partial charge in [-0.25, -0.2) is 0 Å². The van der Waals surface area contributed by atoms with Crippen molar-refractivity contribution in [2.75, 3.05) is 0 Å². The van der Waals surface area contributed by atoms with Crippen LogP contribution in [0.2, 0.25) is 0 Å². The van der Waals surface area contributed by atoms with Gasteiger partial charge >= 0.3 is 0 Å². The van der Waals surface area contributed by atoms with Gasteiger partial charge in [0.1, 0.15) is 0 Å². The summed E-state index contributed by atoms with van der Waals surface area (Å²) in [6.45, 7) is 0. The Morgan fingerprint density at radius 1 is 1.05 bits per heavy atom. The number of allylic oxidation sites excluding steroid dienone is 2. The summed E-state index contributed by atoms with van der Waals surface area (Å²) in [5.74, 6) is 0. The van der Waals surface area contributed by atoms with Crippen molar-refractivity contribution >= 4 is 21.5 Å². The highest BCUT2D eigenvalue weighted by molar-refractivity contribution is 9.10. The Morgan fingerprint density at radius 3 is 2.27 bits per heavy atom. The molecule has 0 spiro atoms. The molecular weight excluding hydrogens is 342 g/mol. The highest BCUT2D eigenvalue weighted by Gasteiger charge is 2.42. The molecule has 1 unspecified atom stereocenters. The van der Waals surface area contributed by atoms with E-state index < -0.39 is 5.54 Å². The van der Waals surface area contributed by atoms with Gasteiger partial charge in [-0.15, -0.1) is 0 Å². The van der Waals surface area contributed by atoms with Gasteiger partial charge in [0, 0.05) is 21.4 Å². The molecule has 0 N–H and O–H groups in total. The summed E-state index contributed by atoms with van der Waals surface area (Å²) < 4.78 is 1.01. The summed E-state index contributed by atoms with van der Waals surface area (Å²) in [7, 11) is 0. The molecule has 0 aliphatic heterocycles. The van der Waals surface area contributed by atoms with E-state index in [2.05, 4.69) is 15.9 Å². The molecule has 1 aliphatic rings. The molecule has 1 aliphatic carbocycles. The van der Waals surface area contributed by atoms with Gasteiger partial charge in [0.05, 0.1) is 0 Å². The summed E-state index contributed by atoms with van der Waals surface area (Å²) in [6, 6.07) is 17.1. The van der Waals surface area contributed by atoms with Crippen LogP contribution in [-0.2, 0) is 5.54 Å². The fraction of sp³-hybridized carbons (Fsp3) is 0.111. The van der Waals surface area contributed by atoms with Crippen LogP contribution in [0.5, 0.6) is 0 Å². The van der Waals surface area contributed by atoms with Crippen LogP contribution >= 0.6 is 15.9 Å². The Balaban J connectivity index is 1.95. The zero-order chi connectivity index (χ0) is 15.6. The number of rotatable bonds is 3. The van der Waals surface area contributed by atoms with Crippen molar-refractivity contribution in [2.24, 2.45) is 0 Å². The lowest BCUT2D eigenvalue weighted by atomic mass is 9.82. The Kier molecular flexibility index (Phi) is 3.94. The first-order chi connectivity index (χ1) is 10.6. The van der Waals surface area contributed by atoms with E-state index in [1.807, 2.05) is 66.7 Å². The van der Waals surface area contributed by atoms with E-state index in [0.717, 1.165) is 15.6 Å². The molecule has 2 aromatic carbocycles. The van der Waals surface area contributed by atoms with Crippen LogP contribution in [0.25, 0.3) is 5.57 Å². The standard InChI is InChI=1S/C18H14BrNO2/c19-17-8-6-14(7-9-17)15-10-12-18(13-11-15,20(21)22)16-4-2-1-3-5-16/h1-12H,13H2. The molecule has 0 amide bonds. The SMILES string of the molecule is O=[N+]([O-])C1(c2ccccc2)C=CC(c2ccc(Br)cc2)=CC1. The molecule has 0 bridgehead atoms. The van der Waals surface area contributed by atoms with Gasteiger partial charge in [-0.1, -0.05) is 70.5 Å². The van der Waals surface area contributed by atoms with Crippen molar-refractivity contribution in [2.45, 2.75) is 12.0 Å². The first-order valence-electron chi connectivity index (χ1n) is 6.97. The molecule has 3 rings (SSSR count). The van der Waals surface area contributed by atoms with E-state index in [-0.39, 0.29) is 4.92 Å². The van der Waals surface area contributed by atoms with E-state index in [1.54, 1.807) is 6.08 Å². The van der Waals surface area contributed by atoms with Gasteiger partial charge in [-0.2, -0.15) is 0 Å². The Hall–Kier alpha value is -2.20. The lowest BCUT2D eigenvalue weighted by Crippen LogP contribution is -2.33. The van der Waals surface area contributed by atoms with Gasteiger partial charge in [0.25, 0.3) is 5.54 Å². The average molecular weight is 356 g/mol. The molecule has 1 atom stereocenters. The normalized spacial score (nSPS) is 20.5. The number of benzene rings is 2. The van der Waals surface area contributed by atoms with Gasteiger partial charge in [0.2, 0.25) is 0 Å². The van der Waals surface area contributed by atoms with Crippen LogP contribution in [0.3, 0.4) is 0 Å². The van der Waals surface area contributed by atoms with Crippen molar-refractivity contribution in [1.82, 2.24) is 0 Å². The van der Waals surface area contributed by atoms with Crippen molar-refractivity contribution < 1.29 is 4.92 Å². The lowest BCUT2D eigenvalue weighted by Gasteiger charge is -2.24. The van der Waals surface area contributed by atoms with Gasteiger partial charge in [-0.3, -0.25) is 10.1 Å². The largest absolute Gasteiger partial charge is 0.269 e. The summed E-state index contributed by atoms with van der Waals surface area (Å²) >= 11 is 3.41. The van der Waals surface area contributed by atoms with Gasteiger partial charge in [-0.05, 0) is 29.3 Å². The molecule has 4 heteroatoms. The second kappa shape index (κ2) is 5.89. The second-order valence-electron chi connectivity index (χ2n) is 5.25. The lowest BCUT2D eigenvalue weighted by molar-refractivity contribution is -0.563. The summed E-state index contributed by atoms with van der Waals surface area (Å²) in [5.41, 5.74) is 1.62. The average Bonchev–Trinajstić information content (AvgIpc) is 2.56. The Labute approximate surface area is 137 Å². The maximum absolute atomic E-state index is 11.7. The van der Waals surface area contributed by atoms with Crippen LogP contribution in [-0.4, -0.2) is 4.92 Å². The van der Waals surface area contributed by atoms with E-state index in [0.29, 0.717) is 12.0 Å². The minimum absolute atomic E-state index is 0.201. The van der Waals surface area contributed by atoms with E-state index in [4.69, 9.17) is 0 Å². The van der Waals surface area contributed by atoms with E-state index >= 15 is 0 Å². The minimum Gasteiger partial charge on any atom is -0.263 e. The van der Waals surface area contributed by atoms with E-state index in [9.17, 15) is 10.1 Å². The molecular formula is C18H14BrNO2. The zero-order valence-corrected chi connectivity index (χ0v) is 13.4. The molecule has 3 nitrogen and oxygen atoms in total. The third-order valence-corrected chi connectivity index (χ3v) is 4.48. The van der Waals surface area contributed by atoms with Crippen molar-refractivity contribution in [1.29, 1.82) is 0 Å². The molecule has 0 saturated heterocycles. The fourth-order valence-corrected chi connectivity index (χ4v) is 2.93. The summed E-state index contributed by atoms with van der Waals surface area (Å²) in [6.07, 6.45) is 5.85. The Morgan fingerprint density at radius 2 is 1.73 bits per heavy atom. The molecule has 0 fully saturated rings. The molecule has 22 heavy (non-hydrogen) atoms. The van der Waals surface area contributed by atoms with Crippen LogP contribution in [0.4, 0.5) is 0 Å². The molecule has 110 valence electrons. The van der Waals surface area contributed by atoms with Crippen LogP contribution in [0.1, 0.15) is 17.5 Å². The monoisotopic (exact) mass is 355 g/mol. The number of nitro groups is 1. The molecule has 0 saturated carbocycles. The highest BCUT2D eigenvalue weighted by Crippen LogP contribution is 2.37. The Bertz CT molecular complexity index is 750. The summed E-state index contributed by atoms with van der Waals surface area (Å²) in [4.78, 5) is 11.5. The quantitative estimate of drug-likeness (QED) is 0.576. The van der Waals surface area contributed by atoms with Crippen LogP contribution in [0, 0.1) is 10.1 Å². The van der Waals surface area contributed by atoms with Crippen molar-refractivity contribution in [3.05, 3.63) is 98.5 Å². The van der Waals surface area contributed by atoms with Crippen LogP contribution in [0.15, 0.2) is 77.3 Å². The zero-order valence-electron chi connectivity index (χ0n) is 11.8. The fourth-order valence-electron chi connectivity index (χ4n) is 2.67. The number of hydrogen-bond acceptors (Lipinski definition) is 2. The number of hydrogen-bond donors (Lipinski definition) is 0. The molecule has 0 heterocycles. The molecule has 2 aromatic rings. The second-order valence-corrected chi connectivity index (χ2v) is 6.17. The number of halogens is 1.